The molecule has 1 aliphatic rings. The molecule has 0 bridgehead atoms. The van der Waals surface area contributed by atoms with Crippen LogP contribution in [-0.2, 0) is 4.79 Å². The van der Waals surface area contributed by atoms with Gasteiger partial charge in [-0.05, 0) is 42.0 Å². The van der Waals surface area contributed by atoms with Gasteiger partial charge in [0.25, 0.3) is 5.91 Å². The largest absolute Gasteiger partial charge is 0.449 e. The molecule has 130 valence electrons. The zero-order valence-electron chi connectivity index (χ0n) is 13.8. The second-order valence-electron chi connectivity index (χ2n) is 5.78. The second-order valence-corrected chi connectivity index (χ2v) is 7.11. The van der Waals surface area contributed by atoms with Gasteiger partial charge < -0.3 is 15.4 Å². The van der Waals surface area contributed by atoms with Gasteiger partial charge in [0.2, 0.25) is 0 Å². The van der Waals surface area contributed by atoms with E-state index >= 15 is 0 Å². The lowest BCUT2D eigenvalue weighted by atomic mass is 10.1. The second kappa shape index (κ2) is 6.48. The van der Waals surface area contributed by atoms with Gasteiger partial charge in [0.1, 0.15) is 0 Å². The fraction of sp³-hybridized carbons (Fsp3) is 0.0526. The van der Waals surface area contributed by atoms with Crippen LogP contribution in [0.2, 0.25) is 5.02 Å². The van der Waals surface area contributed by atoms with Crippen LogP contribution in [-0.4, -0.2) is 17.9 Å². The first-order valence-corrected chi connectivity index (χ1v) is 9.05. The number of likely N-dealkylation sites (N-methyl/N-ethyl adjacent to an activating group) is 1. The van der Waals surface area contributed by atoms with Crippen molar-refractivity contribution in [3.05, 3.63) is 64.2 Å². The number of nitrogens with zero attached hydrogens (tertiary/aromatic N) is 2. The highest BCUT2D eigenvalue weighted by Crippen LogP contribution is 2.38. The summed E-state index contributed by atoms with van der Waals surface area (Å²) < 4.78 is 5.84. The summed E-state index contributed by atoms with van der Waals surface area (Å²) in [6, 6.07) is 12.8. The number of hydrogen-bond donors (Lipinski definition) is 1. The molecule has 2 N–H and O–H groups in total. The highest BCUT2D eigenvalue weighted by Gasteiger charge is 2.28. The highest BCUT2D eigenvalue weighted by molar-refractivity contribution is 7.13. The number of halogens is 1. The lowest BCUT2D eigenvalue weighted by Crippen LogP contribution is -2.33. The van der Waals surface area contributed by atoms with Gasteiger partial charge in [0.05, 0.1) is 11.4 Å². The Morgan fingerprint density at radius 3 is 2.69 bits per heavy atom. The molecule has 26 heavy (non-hydrogen) atoms. The Bertz CT molecular complexity index is 1030. The number of amides is 1. The van der Waals surface area contributed by atoms with Crippen LogP contribution in [0.1, 0.15) is 5.56 Å². The molecule has 0 radical (unpaired) electrons. The van der Waals surface area contributed by atoms with E-state index in [1.54, 1.807) is 30.2 Å². The van der Waals surface area contributed by atoms with Crippen molar-refractivity contribution in [2.45, 2.75) is 0 Å². The molecule has 1 amide bonds. The Morgan fingerprint density at radius 2 is 2.00 bits per heavy atom. The van der Waals surface area contributed by atoms with Gasteiger partial charge in [-0.25, -0.2) is 4.98 Å². The number of fused-ring (bicyclic) bond motifs is 1. The molecule has 0 unspecified atom stereocenters. The summed E-state index contributed by atoms with van der Waals surface area (Å²) >= 11 is 7.28. The van der Waals surface area contributed by atoms with E-state index in [1.807, 2.05) is 35.7 Å². The summed E-state index contributed by atoms with van der Waals surface area (Å²) in [5.41, 5.74) is 8.89. The zero-order chi connectivity index (χ0) is 18.3. The number of nitrogens with two attached hydrogens (primary N) is 1. The van der Waals surface area contributed by atoms with E-state index in [-0.39, 0.29) is 11.7 Å². The first-order chi connectivity index (χ1) is 12.5. The van der Waals surface area contributed by atoms with Crippen molar-refractivity contribution >= 4 is 45.7 Å². The number of aromatic nitrogens is 1. The maximum Gasteiger partial charge on any atom is 0.293 e. The number of benzene rings is 2. The average molecular weight is 384 g/mol. The average Bonchev–Trinajstić information content (AvgIpc) is 3.07. The van der Waals surface area contributed by atoms with Crippen molar-refractivity contribution in [2.24, 2.45) is 0 Å². The Morgan fingerprint density at radius 1 is 1.23 bits per heavy atom. The zero-order valence-corrected chi connectivity index (χ0v) is 15.3. The summed E-state index contributed by atoms with van der Waals surface area (Å²) in [5.74, 6) is 0.648. The summed E-state index contributed by atoms with van der Waals surface area (Å²) in [7, 11) is 1.72. The Balaban J connectivity index is 1.70. The van der Waals surface area contributed by atoms with E-state index in [2.05, 4.69) is 4.98 Å². The number of hydrogen-bond acceptors (Lipinski definition) is 5. The number of anilines is 2. The van der Waals surface area contributed by atoms with Gasteiger partial charge in [-0.3, -0.25) is 4.79 Å². The minimum atomic E-state index is -0.220. The van der Waals surface area contributed by atoms with Gasteiger partial charge in [0, 0.05) is 23.0 Å². The Kier molecular flexibility index (Phi) is 4.14. The number of carbonyl (C=O) groups is 1. The number of nitrogen functional groups attached to an aromatic ring is 1. The maximum atomic E-state index is 12.7. The summed E-state index contributed by atoms with van der Waals surface area (Å²) in [5, 5.41) is 3.03. The van der Waals surface area contributed by atoms with Crippen molar-refractivity contribution < 1.29 is 9.53 Å². The van der Waals surface area contributed by atoms with Gasteiger partial charge in [-0.2, -0.15) is 0 Å². The molecule has 1 aromatic heterocycles. The molecule has 2 aromatic carbocycles. The molecule has 0 saturated carbocycles. The standard InChI is InChI=1S/C19H14ClN3O2S/c1-23-15-9-12(14-10-26-19(21)22-14)4-7-16(15)25-17(18(23)24)8-11-2-5-13(20)6-3-11/h2-10H,1H3,(H2,21,22)/b17-8+. The number of rotatable bonds is 2. The van der Waals surface area contributed by atoms with Crippen LogP contribution in [0.4, 0.5) is 10.8 Å². The lowest BCUT2D eigenvalue weighted by Gasteiger charge is -2.27. The fourth-order valence-electron chi connectivity index (χ4n) is 2.68. The molecule has 1 aliphatic heterocycles. The molecule has 3 aromatic rings. The normalized spacial score (nSPS) is 15.1. The van der Waals surface area contributed by atoms with Crippen LogP contribution in [0.5, 0.6) is 5.75 Å². The quantitative estimate of drug-likeness (QED) is 0.664. The van der Waals surface area contributed by atoms with Gasteiger partial charge in [-0.15, -0.1) is 11.3 Å². The van der Waals surface area contributed by atoms with Crippen LogP contribution >= 0.6 is 22.9 Å². The molecule has 0 saturated heterocycles. The van der Waals surface area contributed by atoms with E-state index in [0.717, 1.165) is 16.8 Å². The Labute approximate surface area is 159 Å². The Hall–Kier alpha value is -2.83. The van der Waals surface area contributed by atoms with Crippen molar-refractivity contribution in [1.29, 1.82) is 0 Å². The molecule has 0 atom stereocenters. The van der Waals surface area contributed by atoms with Crippen LogP contribution in [0.25, 0.3) is 17.3 Å². The van der Waals surface area contributed by atoms with Gasteiger partial charge >= 0.3 is 0 Å². The van der Waals surface area contributed by atoms with Gasteiger partial charge in [-0.1, -0.05) is 23.7 Å². The molecule has 7 heteroatoms. The number of carbonyl (C=O) groups excluding carboxylic acids is 1. The predicted octanol–water partition coefficient (Wildman–Crippen LogP) is 4.44. The minimum Gasteiger partial charge on any atom is -0.449 e. The molecule has 0 spiro atoms. The fourth-order valence-corrected chi connectivity index (χ4v) is 3.38. The topological polar surface area (TPSA) is 68.5 Å². The van der Waals surface area contributed by atoms with Crippen molar-refractivity contribution in [2.75, 3.05) is 17.7 Å². The first-order valence-electron chi connectivity index (χ1n) is 7.80. The van der Waals surface area contributed by atoms with E-state index in [1.165, 1.54) is 11.3 Å². The van der Waals surface area contributed by atoms with Crippen molar-refractivity contribution in [3.8, 4) is 17.0 Å². The van der Waals surface area contributed by atoms with E-state index in [4.69, 9.17) is 22.1 Å². The monoisotopic (exact) mass is 383 g/mol. The molecule has 5 nitrogen and oxygen atoms in total. The van der Waals surface area contributed by atoms with Crippen molar-refractivity contribution in [1.82, 2.24) is 4.98 Å². The third-order valence-corrected chi connectivity index (χ3v) is 4.97. The third-order valence-electron chi connectivity index (χ3n) is 4.04. The predicted molar refractivity (Wildman–Crippen MR) is 105 cm³/mol. The first kappa shape index (κ1) is 16.6. The van der Waals surface area contributed by atoms with Crippen LogP contribution in [0, 0.1) is 0 Å². The molecule has 0 aliphatic carbocycles. The maximum absolute atomic E-state index is 12.7. The summed E-state index contributed by atoms with van der Waals surface area (Å²) in [4.78, 5) is 18.5. The van der Waals surface area contributed by atoms with E-state index in [9.17, 15) is 4.79 Å². The number of ether oxygens (including phenoxy) is 1. The van der Waals surface area contributed by atoms with E-state index < -0.39 is 0 Å². The molecular formula is C19H14ClN3O2S. The van der Waals surface area contributed by atoms with Crippen LogP contribution in [0.15, 0.2) is 53.6 Å². The summed E-state index contributed by atoms with van der Waals surface area (Å²) in [6.45, 7) is 0. The smallest absolute Gasteiger partial charge is 0.293 e. The highest BCUT2D eigenvalue weighted by atomic mass is 35.5. The molecule has 2 heterocycles. The van der Waals surface area contributed by atoms with Crippen LogP contribution < -0.4 is 15.4 Å². The SMILES string of the molecule is CN1C(=O)/C(=C\c2ccc(Cl)cc2)Oc2ccc(-c3csc(N)n3)cc21. The molecular weight excluding hydrogens is 370 g/mol. The van der Waals surface area contributed by atoms with Crippen LogP contribution in [0.3, 0.4) is 0 Å². The number of thiazole rings is 1. The summed E-state index contributed by atoms with van der Waals surface area (Å²) in [6.07, 6.45) is 1.70. The van der Waals surface area contributed by atoms with Crippen molar-refractivity contribution in [3.63, 3.8) is 0 Å². The molecule has 0 fully saturated rings. The molecule has 4 rings (SSSR count). The minimum absolute atomic E-state index is 0.220. The third kappa shape index (κ3) is 3.05. The van der Waals surface area contributed by atoms with E-state index in [0.29, 0.717) is 21.6 Å². The van der Waals surface area contributed by atoms with Gasteiger partial charge in [0.15, 0.2) is 16.6 Å². The lowest BCUT2D eigenvalue weighted by molar-refractivity contribution is -0.117.